The Morgan fingerprint density at radius 1 is 1.21 bits per heavy atom. The molecule has 2 aromatic rings. The van der Waals surface area contributed by atoms with Crippen molar-refractivity contribution in [2.75, 3.05) is 13.2 Å². The molecule has 0 aliphatic carbocycles. The first-order valence-corrected chi connectivity index (χ1v) is 7.46. The van der Waals surface area contributed by atoms with Gasteiger partial charge in [-0.05, 0) is 36.8 Å². The van der Waals surface area contributed by atoms with Crippen LogP contribution in [0.2, 0.25) is 0 Å². The normalized spacial score (nSPS) is 12.9. The van der Waals surface area contributed by atoms with E-state index in [4.69, 9.17) is 4.74 Å². The first-order chi connectivity index (χ1) is 11.3. The number of nitrogens with zero attached hydrogens (tertiary/aromatic N) is 1. The number of hydrogen-bond acceptors (Lipinski definition) is 4. The van der Waals surface area contributed by atoms with E-state index in [2.05, 4.69) is 10.3 Å². The minimum Gasteiger partial charge on any atom is -0.491 e. The molecule has 0 aliphatic rings. The zero-order valence-corrected chi connectivity index (χ0v) is 13.2. The van der Waals surface area contributed by atoms with Gasteiger partial charge in [0.2, 0.25) is 0 Å². The summed E-state index contributed by atoms with van der Waals surface area (Å²) in [5, 5.41) is 12.7. The fraction of sp³-hybridized carbons (Fsp3) is 0.353. The van der Waals surface area contributed by atoms with Crippen LogP contribution in [0.5, 0.6) is 5.75 Å². The van der Waals surface area contributed by atoms with Gasteiger partial charge in [0.15, 0.2) is 0 Å². The molecule has 4 nitrogen and oxygen atoms in total. The summed E-state index contributed by atoms with van der Waals surface area (Å²) in [6.07, 6.45) is -5.24. The number of nitrogens with one attached hydrogen (secondary N) is 1. The number of alkyl halides is 3. The highest BCUT2D eigenvalue weighted by molar-refractivity contribution is 5.27. The van der Waals surface area contributed by atoms with Crippen molar-refractivity contribution in [2.45, 2.75) is 25.7 Å². The summed E-state index contributed by atoms with van der Waals surface area (Å²) >= 11 is 0. The molecule has 0 aliphatic heterocycles. The van der Waals surface area contributed by atoms with E-state index >= 15 is 0 Å². The number of pyridine rings is 1. The molecule has 2 N–H and O–H groups in total. The predicted octanol–water partition coefficient (Wildman–Crippen LogP) is 2.94. The van der Waals surface area contributed by atoms with Gasteiger partial charge in [0, 0.05) is 13.1 Å². The number of hydrogen-bond donors (Lipinski definition) is 2. The molecular weight excluding hydrogens is 321 g/mol. The van der Waals surface area contributed by atoms with Gasteiger partial charge >= 0.3 is 6.18 Å². The summed E-state index contributed by atoms with van der Waals surface area (Å²) in [6.45, 7) is 2.34. The highest BCUT2D eigenvalue weighted by atomic mass is 19.4. The molecule has 1 aromatic carbocycles. The van der Waals surface area contributed by atoms with Crippen LogP contribution in [0.15, 0.2) is 42.5 Å². The van der Waals surface area contributed by atoms with Crippen LogP contribution < -0.4 is 10.1 Å². The minimum atomic E-state index is -4.46. The first-order valence-electron chi connectivity index (χ1n) is 7.46. The molecule has 1 heterocycles. The van der Waals surface area contributed by atoms with Crippen LogP contribution in [0.1, 0.15) is 17.0 Å². The summed E-state index contributed by atoms with van der Waals surface area (Å²) in [5.41, 5.74) is 0.387. The van der Waals surface area contributed by atoms with Gasteiger partial charge in [0.1, 0.15) is 24.2 Å². The molecule has 0 bridgehead atoms. The second kappa shape index (κ2) is 8.12. The van der Waals surface area contributed by atoms with Crippen LogP contribution in [-0.2, 0) is 12.7 Å². The first kappa shape index (κ1) is 18.2. The monoisotopic (exact) mass is 340 g/mol. The molecule has 130 valence electrons. The van der Waals surface area contributed by atoms with Gasteiger partial charge in [-0.1, -0.05) is 18.2 Å². The molecule has 0 saturated carbocycles. The Labute approximate surface area is 138 Å². The number of aromatic nitrogens is 1. The third kappa shape index (κ3) is 5.82. The van der Waals surface area contributed by atoms with Crippen molar-refractivity contribution in [1.29, 1.82) is 0 Å². The van der Waals surface area contributed by atoms with Gasteiger partial charge in [-0.2, -0.15) is 13.2 Å². The summed E-state index contributed by atoms with van der Waals surface area (Å²) in [6, 6.07) is 11.2. The van der Waals surface area contributed by atoms with Gasteiger partial charge in [-0.25, -0.2) is 4.98 Å². The number of aryl methyl sites for hydroxylation is 1. The Kier molecular flexibility index (Phi) is 6.16. The lowest BCUT2D eigenvalue weighted by Crippen LogP contribution is -2.31. The van der Waals surface area contributed by atoms with E-state index in [1.807, 2.05) is 25.1 Å². The van der Waals surface area contributed by atoms with E-state index in [-0.39, 0.29) is 25.4 Å². The van der Waals surface area contributed by atoms with Gasteiger partial charge < -0.3 is 15.2 Å². The summed E-state index contributed by atoms with van der Waals surface area (Å²) < 4.78 is 43.2. The fourth-order valence-corrected chi connectivity index (χ4v) is 2.06. The van der Waals surface area contributed by atoms with Gasteiger partial charge in [0.25, 0.3) is 0 Å². The summed E-state index contributed by atoms with van der Waals surface area (Å²) in [4.78, 5) is 3.54. The third-order valence-electron chi connectivity index (χ3n) is 3.22. The van der Waals surface area contributed by atoms with Crippen LogP contribution >= 0.6 is 0 Å². The van der Waals surface area contributed by atoms with Gasteiger partial charge in [-0.3, -0.25) is 0 Å². The van der Waals surface area contributed by atoms with Crippen molar-refractivity contribution in [3.8, 4) is 5.75 Å². The molecule has 1 aromatic heterocycles. The minimum absolute atomic E-state index is 0.0898. The molecule has 1 atom stereocenters. The fourth-order valence-electron chi connectivity index (χ4n) is 2.06. The molecule has 24 heavy (non-hydrogen) atoms. The number of rotatable bonds is 7. The lowest BCUT2D eigenvalue weighted by atomic mass is 10.2. The molecule has 1 unspecified atom stereocenters. The summed E-state index contributed by atoms with van der Waals surface area (Å²) in [7, 11) is 0. The van der Waals surface area contributed by atoms with E-state index in [1.54, 1.807) is 6.07 Å². The van der Waals surface area contributed by atoms with Gasteiger partial charge in [-0.15, -0.1) is 0 Å². The van der Waals surface area contributed by atoms with Crippen molar-refractivity contribution in [3.05, 3.63) is 59.4 Å². The lowest BCUT2D eigenvalue weighted by Gasteiger charge is -2.14. The highest BCUT2D eigenvalue weighted by Crippen LogP contribution is 2.27. The smallest absolute Gasteiger partial charge is 0.433 e. The lowest BCUT2D eigenvalue weighted by molar-refractivity contribution is -0.141. The van der Waals surface area contributed by atoms with Crippen molar-refractivity contribution < 1.29 is 23.0 Å². The zero-order chi connectivity index (χ0) is 17.6. The molecular formula is C17H19F3N2O2. The molecule has 0 amide bonds. The largest absolute Gasteiger partial charge is 0.491 e. The molecule has 0 saturated heterocycles. The van der Waals surface area contributed by atoms with E-state index in [9.17, 15) is 18.3 Å². The molecule has 0 spiro atoms. The standard InChI is InChI=1S/C17H19F3N2O2/c1-12-4-2-6-15(8-12)24-11-14(23)10-21-9-13-5-3-7-16(22-13)17(18,19)20/h2-8,14,21,23H,9-11H2,1H3. The highest BCUT2D eigenvalue weighted by Gasteiger charge is 2.32. The van der Waals surface area contributed by atoms with Crippen molar-refractivity contribution in [3.63, 3.8) is 0 Å². The van der Waals surface area contributed by atoms with Crippen molar-refractivity contribution >= 4 is 0 Å². The van der Waals surface area contributed by atoms with Crippen LogP contribution in [0.3, 0.4) is 0 Å². The average molecular weight is 340 g/mol. The predicted molar refractivity (Wildman–Crippen MR) is 83.6 cm³/mol. The average Bonchev–Trinajstić information content (AvgIpc) is 2.52. The SMILES string of the molecule is Cc1cccc(OCC(O)CNCc2cccc(C(F)(F)F)n2)c1. The quantitative estimate of drug-likeness (QED) is 0.814. The maximum absolute atomic E-state index is 12.6. The van der Waals surface area contributed by atoms with Crippen molar-refractivity contribution in [2.24, 2.45) is 0 Å². The van der Waals surface area contributed by atoms with E-state index < -0.39 is 18.0 Å². The Balaban J connectivity index is 1.75. The maximum Gasteiger partial charge on any atom is 0.433 e. The van der Waals surface area contributed by atoms with Crippen LogP contribution in [0.4, 0.5) is 13.2 Å². The molecule has 2 rings (SSSR count). The van der Waals surface area contributed by atoms with E-state index in [0.29, 0.717) is 5.75 Å². The Morgan fingerprint density at radius 3 is 2.67 bits per heavy atom. The summed E-state index contributed by atoms with van der Waals surface area (Å²) in [5.74, 6) is 0.661. The molecule has 7 heteroatoms. The Morgan fingerprint density at radius 2 is 1.96 bits per heavy atom. The maximum atomic E-state index is 12.6. The number of ether oxygens (including phenoxy) is 1. The Bertz CT molecular complexity index is 662. The second-order valence-corrected chi connectivity index (χ2v) is 5.42. The zero-order valence-electron chi connectivity index (χ0n) is 13.2. The Hall–Kier alpha value is -2.12. The van der Waals surface area contributed by atoms with Crippen LogP contribution in [0, 0.1) is 6.92 Å². The number of benzene rings is 1. The second-order valence-electron chi connectivity index (χ2n) is 5.42. The molecule has 0 radical (unpaired) electrons. The number of aliphatic hydroxyl groups is 1. The van der Waals surface area contributed by atoms with Crippen molar-refractivity contribution in [1.82, 2.24) is 10.3 Å². The topological polar surface area (TPSA) is 54.4 Å². The van der Waals surface area contributed by atoms with E-state index in [1.165, 1.54) is 12.1 Å². The number of aliphatic hydroxyl groups excluding tert-OH is 1. The van der Waals surface area contributed by atoms with Crippen LogP contribution in [-0.4, -0.2) is 29.3 Å². The third-order valence-corrected chi connectivity index (χ3v) is 3.22. The molecule has 0 fully saturated rings. The van der Waals surface area contributed by atoms with E-state index in [0.717, 1.165) is 11.6 Å². The van der Waals surface area contributed by atoms with Gasteiger partial charge in [0.05, 0.1) is 5.69 Å². The number of halogens is 3. The van der Waals surface area contributed by atoms with Crippen LogP contribution in [0.25, 0.3) is 0 Å².